The van der Waals surface area contributed by atoms with E-state index in [-0.39, 0.29) is 24.0 Å². The summed E-state index contributed by atoms with van der Waals surface area (Å²) in [5, 5.41) is 11.0. The molecule has 0 saturated carbocycles. The number of benzene rings is 1. The Kier molecular flexibility index (Phi) is 11.8. The first-order chi connectivity index (χ1) is 13.1. The van der Waals surface area contributed by atoms with Gasteiger partial charge in [-0.3, -0.25) is 14.6 Å². The molecule has 2 N–H and O–H groups in total. The Morgan fingerprint density at radius 3 is 2.64 bits per heavy atom. The lowest BCUT2D eigenvalue weighted by Crippen LogP contribution is -2.39. The van der Waals surface area contributed by atoms with Gasteiger partial charge in [0.15, 0.2) is 5.96 Å². The molecular weight excluding hydrogens is 463 g/mol. The van der Waals surface area contributed by atoms with Crippen molar-refractivity contribution >= 4 is 29.9 Å². The van der Waals surface area contributed by atoms with E-state index in [1.807, 2.05) is 10.9 Å². The van der Waals surface area contributed by atoms with Gasteiger partial charge in [0.1, 0.15) is 0 Å². The van der Waals surface area contributed by atoms with Crippen LogP contribution in [0.25, 0.3) is 0 Å². The molecule has 156 valence electrons. The number of hydrogen-bond donors (Lipinski definition) is 2. The second-order valence-electron chi connectivity index (χ2n) is 7.01. The second kappa shape index (κ2) is 13.5. The standard InChI is InChI=1S/C21H34N6.HI/c1-5-22-21(24-13-14-27-16-18(2)15-25-27)23-12-11-19(3)26(4)17-20-9-7-6-8-10-20;/h6-10,15-16,19H,5,11-14,17H2,1-4H3,(H2,22,23,24);1H. The minimum atomic E-state index is 0. The van der Waals surface area contributed by atoms with Crippen molar-refractivity contribution in [1.29, 1.82) is 0 Å². The Bertz CT molecular complexity index is 685. The maximum Gasteiger partial charge on any atom is 0.191 e. The highest BCUT2D eigenvalue weighted by Gasteiger charge is 2.09. The third-order valence-corrected chi connectivity index (χ3v) is 4.58. The van der Waals surface area contributed by atoms with E-state index in [4.69, 9.17) is 4.99 Å². The van der Waals surface area contributed by atoms with Crippen molar-refractivity contribution < 1.29 is 0 Å². The maximum absolute atomic E-state index is 4.72. The van der Waals surface area contributed by atoms with E-state index in [0.29, 0.717) is 6.04 Å². The van der Waals surface area contributed by atoms with E-state index in [1.54, 1.807) is 0 Å². The zero-order valence-corrected chi connectivity index (χ0v) is 19.9. The molecule has 1 atom stereocenters. The highest BCUT2D eigenvalue weighted by molar-refractivity contribution is 14.0. The van der Waals surface area contributed by atoms with Crippen molar-refractivity contribution in [2.75, 3.05) is 26.7 Å². The normalized spacial score (nSPS) is 12.5. The van der Waals surface area contributed by atoms with E-state index in [0.717, 1.165) is 45.1 Å². The molecule has 1 heterocycles. The molecule has 0 saturated heterocycles. The number of aromatic nitrogens is 2. The maximum atomic E-state index is 4.72. The first-order valence-electron chi connectivity index (χ1n) is 9.84. The first kappa shape index (κ1) is 24.4. The molecule has 0 spiro atoms. The lowest BCUT2D eigenvalue weighted by molar-refractivity contribution is 0.240. The highest BCUT2D eigenvalue weighted by Crippen LogP contribution is 2.08. The van der Waals surface area contributed by atoms with Gasteiger partial charge in [0.2, 0.25) is 0 Å². The van der Waals surface area contributed by atoms with E-state index < -0.39 is 0 Å². The minimum absolute atomic E-state index is 0. The fourth-order valence-electron chi connectivity index (χ4n) is 2.83. The van der Waals surface area contributed by atoms with Gasteiger partial charge < -0.3 is 10.6 Å². The number of aryl methyl sites for hydroxylation is 1. The van der Waals surface area contributed by atoms with Crippen LogP contribution in [0, 0.1) is 6.92 Å². The molecule has 2 aromatic rings. The van der Waals surface area contributed by atoms with Crippen LogP contribution in [0.3, 0.4) is 0 Å². The van der Waals surface area contributed by atoms with Crippen LogP contribution in [0.4, 0.5) is 0 Å². The predicted molar refractivity (Wildman–Crippen MR) is 128 cm³/mol. The molecule has 0 radical (unpaired) electrons. The van der Waals surface area contributed by atoms with Crippen LogP contribution in [-0.4, -0.2) is 53.4 Å². The first-order valence-corrected chi connectivity index (χ1v) is 9.84. The number of nitrogens with zero attached hydrogens (tertiary/aromatic N) is 4. The number of hydrogen-bond acceptors (Lipinski definition) is 3. The van der Waals surface area contributed by atoms with Crippen LogP contribution in [0.15, 0.2) is 47.7 Å². The summed E-state index contributed by atoms with van der Waals surface area (Å²) in [5.74, 6) is 0.874. The summed E-state index contributed by atoms with van der Waals surface area (Å²) in [4.78, 5) is 7.10. The van der Waals surface area contributed by atoms with E-state index >= 15 is 0 Å². The van der Waals surface area contributed by atoms with E-state index in [9.17, 15) is 0 Å². The third kappa shape index (κ3) is 9.05. The quantitative estimate of drug-likeness (QED) is 0.300. The van der Waals surface area contributed by atoms with Gasteiger partial charge in [-0.1, -0.05) is 30.3 Å². The molecule has 1 unspecified atom stereocenters. The van der Waals surface area contributed by atoms with Crippen LogP contribution in [0.1, 0.15) is 31.4 Å². The molecule has 1 aromatic heterocycles. The Morgan fingerprint density at radius 1 is 1.25 bits per heavy atom. The van der Waals surface area contributed by atoms with Crippen LogP contribution >= 0.6 is 24.0 Å². The van der Waals surface area contributed by atoms with Crippen LogP contribution in [0.5, 0.6) is 0 Å². The van der Waals surface area contributed by atoms with Gasteiger partial charge in [-0.15, -0.1) is 24.0 Å². The molecule has 6 nitrogen and oxygen atoms in total. The van der Waals surface area contributed by atoms with E-state index in [2.05, 4.69) is 85.0 Å². The van der Waals surface area contributed by atoms with Gasteiger partial charge >= 0.3 is 0 Å². The van der Waals surface area contributed by atoms with Crippen molar-refractivity contribution in [2.45, 2.75) is 46.3 Å². The molecule has 0 amide bonds. The molecule has 0 bridgehead atoms. The second-order valence-corrected chi connectivity index (χ2v) is 7.01. The number of nitrogens with one attached hydrogen (secondary N) is 2. The van der Waals surface area contributed by atoms with Crippen molar-refractivity contribution in [3.63, 3.8) is 0 Å². The Hall–Kier alpha value is -1.61. The number of guanidine groups is 1. The smallest absolute Gasteiger partial charge is 0.191 e. The Labute approximate surface area is 186 Å². The zero-order chi connectivity index (χ0) is 19.5. The Balaban J connectivity index is 0.00000392. The van der Waals surface area contributed by atoms with Crippen LogP contribution < -0.4 is 10.6 Å². The van der Waals surface area contributed by atoms with Gasteiger partial charge in [0.05, 0.1) is 12.7 Å². The van der Waals surface area contributed by atoms with Crippen molar-refractivity contribution in [2.24, 2.45) is 4.99 Å². The average Bonchev–Trinajstić information content (AvgIpc) is 3.07. The number of halogens is 1. The van der Waals surface area contributed by atoms with Gasteiger partial charge in [-0.25, -0.2) is 0 Å². The van der Waals surface area contributed by atoms with Gasteiger partial charge in [-0.05, 0) is 45.4 Å². The topological polar surface area (TPSA) is 57.5 Å². The Morgan fingerprint density at radius 2 is 2.00 bits per heavy atom. The van der Waals surface area contributed by atoms with Crippen molar-refractivity contribution in [3.05, 3.63) is 53.9 Å². The fraction of sp³-hybridized carbons (Fsp3) is 0.524. The SMILES string of the molecule is CCNC(=NCCC(C)N(C)Cc1ccccc1)NCCn1cc(C)cn1.I. The molecule has 0 aliphatic carbocycles. The van der Waals surface area contributed by atoms with Crippen molar-refractivity contribution in [3.8, 4) is 0 Å². The summed E-state index contributed by atoms with van der Waals surface area (Å²) in [6.45, 7) is 10.7. The van der Waals surface area contributed by atoms with Gasteiger partial charge in [0.25, 0.3) is 0 Å². The average molecular weight is 498 g/mol. The molecule has 0 aliphatic heterocycles. The number of rotatable bonds is 10. The summed E-state index contributed by atoms with van der Waals surface area (Å²) in [6, 6.07) is 11.1. The molecule has 0 aliphatic rings. The van der Waals surface area contributed by atoms with Gasteiger partial charge in [0, 0.05) is 38.4 Å². The van der Waals surface area contributed by atoms with Crippen LogP contribution in [-0.2, 0) is 13.1 Å². The lowest BCUT2D eigenvalue weighted by Gasteiger charge is -2.24. The van der Waals surface area contributed by atoms with E-state index in [1.165, 1.54) is 11.1 Å². The predicted octanol–water partition coefficient (Wildman–Crippen LogP) is 3.28. The van der Waals surface area contributed by atoms with Crippen LogP contribution in [0.2, 0.25) is 0 Å². The summed E-state index contributed by atoms with van der Waals surface area (Å²) >= 11 is 0. The summed E-state index contributed by atoms with van der Waals surface area (Å²) in [6.07, 6.45) is 4.96. The molecule has 2 rings (SSSR count). The summed E-state index contributed by atoms with van der Waals surface area (Å²) < 4.78 is 1.95. The number of aliphatic imine (C=N–C) groups is 1. The largest absolute Gasteiger partial charge is 0.357 e. The fourth-order valence-corrected chi connectivity index (χ4v) is 2.83. The summed E-state index contributed by atoms with van der Waals surface area (Å²) in [7, 11) is 2.18. The molecule has 28 heavy (non-hydrogen) atoms. The molecule has 0 fully saturated rings. The third-order valence-electron chi connectivity index (χ3n) is 4.58. The van der Waals surface area contributed by atoms with Gasteiger partial charge in [-0.2, -0.15) is 5.10 Å². The highest BCUT2D eigenvalue weighted by atomic mass is 127. The molecule has 7 heteroatoms. The zero-order valence-electron chi connectivity index (χ0n) is 17.6. The monoisotopic (exact) mass is 498 g/mol. The molecular formula is C21H35IN6. The summed E-state index contributed by atoms with van der Waals surface area (Å²) in [5.41, 5.74) is 2.53. The van der Waals surface area contributed by atoms with Crippen molar-refractivity contribution in [1.82, 2.24) is 25.3 Å². The molecule has 1 aromatic carbocycles. The lowest BCUT2D eigenvalue weighted by atomic mass is 10.1. The minimum Gasteiger partial charge on any atom is -0.357 e.